The van der Waals surface area contributed by atoms with E-state index in [4.69, 9.17) is 5.73 Å². The Balaban J connectivity index is 2.28. The highest BCUT2D eigenvalue weighted by molar-refractivity contribution is 7.10. The van der Waals surface area contributed by atoms with Crippen LogP contribution in [0.2, 0.25) is 0 Å². The molecule has 1 aromatic carbocycles. The van der Waals surface area contributed by atoms with Crippen LogP contribution in [0.5, 0.6) is 0 Å². The summed E-state index contributed by atoms with van der Waals surface area (Å²) >= 11 is 1.75. The Morgan fingerprint density at radius 1 is 1.29 bits per heavy atom. The lowest BCUT2D eigenvalue weighted by molar-refractivity contribution is 0.869. The normalized spacial score (nSPS) is 12.6. The van der Waals surface area contributed by atoms with Crippen LogP contribution in [0, 0.1) is 6.92 Å². The number of thiophene rings is 1. The Morgan fingerprint density at radius 3 is 2.76 bits per heavy atom. The number of hydrogen-bond acceptors (Lipinski definition) is 2. The molecule has 90 valence electrons. The van der Waals surface area contributed by atoms with E-state index in [1.54, 1.807) is 11.3 Å². The third-order valence-corrected chi connectivity index (χ3v) is 4.14. The zero-order chi connectivity index (χ0) is 12.3. The van der Waals surface area contributed by atoms with Crippen LogP contribution >= 0.6 is 11.3 Å². The first-order valence-electron chi connectivity index (χ1n) is 6.10. The lowest BCUT2D eigenvalue weighted by atomic mass is 10.00. The van der Waals surface area contributed by atoms with Crippen LogP contribution < -0.4 is 5.73 Å². The van der Waals surface area contributed by atoms with E-state index in [2.05, 4.69) is 49.6 Å². The predicted octanol–water partition coefficient (Wildman–Crippen LogP) is 4.06. The van der Waals surface area contributed by atoms with Crippen LogP contribution in [0.15, 0.2) is 35.7 Å². The third kappa shape index (κ3) is 2.76. The second-order valence-corrected chi connectivity index (χ2v) is 5.39. The zero-order valence-corrected chi connectivity index (χ0v) is 11.3. The van der Waals surface area contributed by atoms with Gasteiger partial charge in [0.05, 0.1) is 6.04 Å². The van der Waals surface area contributed by atoms with E-state index in [9.17, 15) is 0 Å². The first kappa shape index (κ1) is 12.3. The van der Waals surface area contributed by atoms with Crippen LogP contribution in [0.1, 0.15) is 41.0 Å². The summed E-state index contributed by atoms with van der Waals surface area (Å²) in [6.45, 7) is 4.33. The van der Waals surface area contributed by atoms with Gasteiger partial charge >= 0.3 is 0 Å². The number of rotatable bonds is 4. The van der Waals surface area contributed by atoms with Crippen molar-refractivity contribution in [2.75, 3.05) is 0 Å². The van der Waals surface area contributed by atoms with Gasteiger partial charge in [-0.3, -0.25) is 0 Å². The monoisotopic (exact) mass is 245 g/mol. The maximum atomic E-state index is 6.34. The van der Waals surface area contributed by atoms with Crippen LogP contribution in [-0.2, 0) is 6.42 Å². The summed E-state index contributed by atoms with van der Waals surface area (Å²) in [6.07, 6.45) is 2.31. The fourth-order valence-electron chi connectivity index (χ4n) is 2.09. The van der Waals surface area contributed by atoms with Crippen LogP contribution in [-0.4, -0.2) is 0 Å². The molecule has 17 heavy (non-hydrogen) atoms. The van der Waals surface area contributed by atoms with Crippen molar-refractivity contribution >= 4 is 11.3 Å². The van der Waals surface area contributed by atoms with Crippen molar-refractivity contribution in [2.24, 2.45) is 5.73 Å². The van der Waals surface area contributed by atoms with Crippen molar-refractivity contribution in [3.63, 3.8) is 0 Å². The largest absolute Gasteiger partial charge is 0.320 e. The fraction of sp³-hybridized carbons (Fsp3) is 0.333. The van der Waals surface area contributed by atoms with Gasteiger partial charge in [-0.1, -0.05) is 37.6 Å². The molecule has 2 rings (SSSR count). The van der Waals surface area contributed by atoms with Crippen LogP contribution in [0.3, 0.4) is 0 Å². The molecule has 2 N–H and O–H groups in total. The highest BCUT2D eigenvalue weighted by Crippen LogP contribution is 2.27. The van der Waals surface area contributed by atoms with Crippen molar-refractivity contribution in [1.29, 1.82) is 0 Å². The van der Waals surface area contributed by atoms with Crippen LogP contribution in [0.4, 0.5) is 0 Å². The van der Waals surface area contributed by atoms with E-state index in [0.29, 0.717) is 0 Å². The molecule has 0 aliphatic carbocycles. The average molecular weight is 245 g/mol. The molecular weight excluding hydrogens is 226 g/mol. The summed E-state index contributed by atoms with van der Waals surface area (Å²) in [4.78, 5) is 1.28. The van der Waals surface area contributed by atoms with E-state index in [1.807, 2.05) is 0 Å². The molecule has 0 saturated heterocycles. The maximum Gasteiger partial charge on any atom is 0.0648 e. The first-order valence-corrected chi connectivity index (χ1v) is 6.98. The van der Waals surface area contributed by atoms with Crippen LogP contribution in [0.25, 0.3) is 0 Å². The minimum atomic E-state index is 0.0202. The van der Waals surface area contributed by atoms with Gasteiger partial charge in [0, 0.05) is 4.88 Å². The lowest BCUT2D eigenvalue weighted by Gasteiger charge is -2.13. The summed E-state index contributed by atoms with van der Waals surface area (Å²) in [7, 11) is 0. The number of aryl methyl sites for hydroxylation is 2. The molecule has 0 saturated carbocycles. The topological polar surface area (TPSA) is 26.0 Å². The molecule has 0 aliphatic rings. The van der Waals surface area contributed by atoms with Crippen molar-refractivity contribution in [1.82, 2.24) is 0 Å². The number of hydrogen-bond donors (Lipinski definition) is 1. The first-order chi connectivity index (χ1) is 8.22. The molecule has 1 heterocycles. The molecule has 0 fully saturated rings. The third-order valence-electron chi connectivity index (χ3n) is 3.03. The Kier molecular flexibility index (Phi) is 3.97. The summed E-state index contributed by atoms with van der Waals surface area (Å²) in [6, 6.07) is 10.8. The maximum absolute atomic E-state index is 6.34. The molecule has 2 aromatic rings. The summed E-state index contributed by atoms with van der Waals surface area (Å²) in [5.41, 5.74) is 10.2. The Labute approximate surface area is 107 Å². The van der Waals surface area contributed by atoms with Gasteiger partial charge in [-0.15, -0.1) is 11.3 Å². The van der Waals surface area contributed by atoms with Gasteiger partial charge in [0.2, 0.25) is 0 Å². The predicted molar refractivity (Wildman–Crippen MR) is 75.5 cm³/mol. The van der Waals surface area contributed by atoms with E-state index in [0.717, 1.165) is 6.42 Å². The highest BCUT2D eigenvalue weighted by Gasteiger charge is 2.12. The molecule has 0 amide bonds. The molecule has 0 radical (unpaired) electrons. The molecule has 0 bridgehead atoms. The average Bonchev–Trinajstić information content (AvgIpc) is 2.75. The number of benzene rings is 1. The van der Waals surface area contributed by atoms with Gasteiger partial charge in [-0.25, -0.2) is 0 Å². The van der Waals surface area contributed by atoms with Crippen molar-refractivity contribution in [3.05, 3.63) is 57.3 Å². The second kappa shape index (κ2) is 5.48. The Bertz CT molecular complexity index is 487. The Hall–Kier alpha value is -1.12. The van der Waals surface area contributed by atoms with E-state index < -0.39 is 0 Å². The van der Waals surface area contributed by atoms with Crippen molar-refractivity contribution in [2.45, 2.75) is 32.7 Å². The second-order valence-electron chi connectivity index (χ2n) is 4.44. The molecule has 1 atom stereocenters. The SMILES string of the molecule is CCCc1cccc(C(N)c2sccc2C)c1. The van der Waals surface area contributed by atoms with E-state index >= 15 is 0 Å². The van der Waals surface area contributed by atoms with Gasteiger partial charge in [-0.05, 0) is 41.5 Å². The van der Waals surface area contributed by atoms with Gasteiger partial charge in [0.15, 0.2) is 0 Å². The lowest BCUT2D eigenvalue weighted by Crippen LogP contribution is -2.11. The minimum absolute atomic E-state index is 0.0202. The zero-order valence-electron chi connectivity index (χ0n) is 10.4. The van der Waals surface area contributed by atoms with Gasteiger partial charge in [-0.2, -0.15) is 0 Å². The quantitative estimate of drug-likeness (QED) is 0.863. The summed E-state index contributed by atoms with van der Waals surface area (Å²) in [5, 5.41) is 2.11. The molecule has 1 unspecified atom stereocenters. The smallest absolute Gasteiger partial charge is 0.0648 e. The fourth-order valence-corrected chi connectivity index (χ4v) is 3.04. The molecule has 1 nitrogen and oxygen atoms in total. The van der Waals surface area contributed by atoms with Crippen molar-refractivity contribution < 1.29 is 0 Å². The molecule has 2 heteroatoms. The van der Waals surface area contributed by atoms with Gasteiger partial charge in [0.25, 0.3) is 0 Å². The Morgan fingerprint density at radius 2 is 2.12 bits per heavy atom. The molecular formula is C15H19NS. The standard InChI is InChI=1S/C15H19NS/c1-3-5-12-6-4-7-13(10-12)14(16)15-11(2)8-9-17-15/h4,6-10,14H,3,5,16H2,1-2H3. The van der Waals surface area contributed by atoms with Gasteiger partial charge < -0.3 is 5.73 Å². The summed E-state index contributed by atoms with van der Waals surface area (Å²) < 4.78 is 0. The highest BCUT2D eigenvalue weighted by atomic mass is 32.1. The minimum Gasteiger partial charge on any atom is -0.320 e. The molecule has 1 aromatic heterocycles. The molecule has 0 spiro atoms. The van der Waals surface area contributed by atoms with Crippen molar-refractivity contribution in [3.8, 4) is 0 Å². The van der Waals surface area contributed by atoms with Gasteiger partial charge in [0.1, 0.15) is 0 Å². The number of nitrogens with two attached hydrogens (primary N) is 1. The summed E-state index contributed by atoms with van der Waals surface area (Å²) in [5.74, 6) is 0. The van der Waals surface area contributed by atoms with E-state index in [-0.39, 0.29) is 6.04 Å². The van der Waals surface area contributed by atoms with E-state index in [1.165, 1.54) is 28.0 Å². The molecule has 0 aliphatic heterocycles.